The van der Waals surface area contributed by atoms with E-state index in [9.17, 15) is 22.8 Å². The molecule has 0 aliphatic carbocycles. The maximum Gasteiger partial charge on any atom is 0.416 e. The van der Waals surface area contributed by atoms with E-state index in [0.29, 0.717) is 6.42 Å². The summed E-state index contributed by atoms with van der Waals surface area (Å²) in [5, 5.41) is 5.07. The van der Waals surface area contributed by atoms with Crippen LogP contribution in [0, 0.1) is 5.92 Å². The molecule has 0 bridgehead atoms. The highest BCUT2D eigenvalue weighted by molar-refractivity contribution is 5.83. The van der Waals surface area contributed by atoms with Gasteiger partial charge in [-0.25, -0.2) is 0 Å². The topological polar surface area (TPSA) is 58.2 Å². The molecule has 2 N–H and O–H groups in total. The summed E-state index contributed by atoms with van der Waals surface area (Å²) < 4.78 is 38.4. The molecule has 1 aliphatic heterocycles. The van der Waals surface area contributed by atoms with Crippen molar-refractivity contribution < 1.29 is 22.8 Å². The fraction of sp³-hybridized carbons (Fsp3) is 0.429. The van der Waals surface area contributed by atoms with Gasteiger partial charge in [-0.2, -0.15) is 13.2 Å². The Balaban J connectivity index is 1.97. The number of carbonyl (C=O) groups excluding carboxylic acids is 2. The standard InChI is InChI=1S/C14H15F3N2O2/c15-14(16,17)11-4-2-1-3-9(11)7-19-13(21)10-5-6-12(20)18-8-10/h1-4,10H,5-8H2,(H,18,20)(H,19,21). The van der Waals surface area contributed by atoms with Gasteiger partial charge in [-0.1, -0.05) is 18.2 Å². The van der Waals surface area contributed by atoms with Crippen LogP contribution >= 0.6 is 0 Å². The Morgan fingerprint density at radius 3 is 2.67 bits per heavy atom. The Bertz CT molecular complexity index is 533. The van der Waals surface area contributed by atoms with Gasteiger partial charge in [-0.3, -0.25) is 9.59 Å². The Labute approximate surface area is 119 Å². The molecule has 1 atom stereocenters. The molecule has 0 radical (unpaired) electrons. The molecule has 1 aromatic carbocycles. The van der Waals surface area contributed by atoms with Crippen molar-refractivity contribution in [2.75, 3.05) is 6.54 Å². The lowest BCUT2D eigenvalue weighted by Gasteiger charge is -2.22. The zero-order valence-electron chi connectivity index (χ0n) is 11.2. The predicted molar refractivity (Wildman–Crippen MR) is 69.0 cm³/mol. The monoisotopic (exact) mass is 300 g/mol. The third-order valence-corrected chi connectivity index (χ3v) is 3.41. The van der Waals surface area contributed by atoms with E-state index in [1.165, 1.54) is 18.2 Å². The highest BCUT2D eigenvalue weighted by Gasteiger charge is 2.33. The van der Waals surface area contributed by atoms with Crippen LogP contribution in [0.2, 0.25) is 0 Å². The quantitative estimate of drug-likeness (QED) is 0.895. The molecule has 1 saturated heterocycles. The molecule has 2 amide bonds. The summed E-state index contributed by atoms with van der Waals surface area (Å²) in [6.07, 6.45) is -3.77. The number of amides is 2. The van der Waals surface area contributed by atoms with Gasteiger partial charge in [-0.15, -0.1) is 0 Å². The van der Waals surface area contributed by atoms with E-state index in [1.54, 1.807) is 0 Å². The molecular formula is C14H15F3N2O2. The maximum atomic E-state index is 12.8. The molecular weight excluding hydrogens is 285 g/mol. The first-order valence-electron chi connectivity index (χ1n) is 6.57. The second-order valence-electron chi connectivity index (χ2n) is 4.91. The third kappa shape index (κ3) is 3.96. The fourth-order valence-electron chi connectivity index (χ4n) is 2.23. The van der Waals surface area contributed by atoms with Gasteiger partial charge < -0.3 is 10.6 Å². The molecule has 7 heteroatoms. The molecule has 1 heterocycles. The largest absolute Gasteiger partial charge is 0.416 e. The van der Waals surface area contributed by atoms with Gasteiger partial charge in [0.1, 0.15) is 0 Å². The van der Waals surface area contributed by atoms with E-state index in [2.05, 4.69) is 10.6 Å². The fourth-order valence-corrected chi connectivity index (χ4v) is 2.23. The van der Waals surface area contributed by atoms with E-state index in [0.717, 1.165) is 6.07 Å². The van der Waals surface area contributed by atoms with E-state index in [4.69, 9.17) is 0 Å². The number of rotatable bonds is 3. The number of piperidine rings is 1. The minimum atomic E-state index is -4.44. The highest BCUT2D eigenvalue weighted by atomic mass is 19.4. The van der Waals surface area contributed by atoms with Gasteiger partial charge in [0.25, 0.3) is 0 Å². The van der Waals surface area contributed by atoms with Crippen LogP contribution in [0.4, 0.5) is 13.2 Å². The number of carbonyl (C=O) groups is 2. The lowest BCUT2D eigenvalue weighted by atomic mass is 9.98. The molecule has 1 aliphatic rings. The van der Waals surface area contributed by atoms with Crippen molar-refractivity contribution in [1.82, 2.24) is 10.6 Å². The zero-order chi connectivity index (χ0) is 15.5. The van der Waals surface area contributed by atoms with Crippen molar-refractivity contribution in [2.24, 2.45) is 5.92 Å². The molecule has 114 valence electrons. The second-order valence-corrected chi connectivity index (χ2v) is 4.91. The van der Waals surface area contributed by atoms with Gasteiger partial charge in [-0.05, 0) is 18.1 Å². The minimum absolute atomic E-state index is 0.0261. The summed E-state index contributed by atoms with van der Waals surface area (Å²) in [6, 6.07) is 5.14. The second kappa shape index (κ2) is 6.15. The van der Waals surface area contributed by atoms with Crippen molar-refractivity contribution >= 4 is 11.8 Å². The Kier molecular flexibility index (Phi) is 4.50. The average molecular weight is 300 g/mol. The number of benzene rings is 1. The Morgan fingerprint density at radius 2 is 2.05 bits per heavy atom. The summed E-state index contributed by atoms with van der Waals surface area (Å²) in [7, 11) is 0. The van der Waals surface area contributed by atoms with Crippen LogP contribution in [0.15, 0.2) is 24.3 Å². The first-order chi connectivity index (χ1) is 9.88. The first kappa shape index (κ1) is 15.3. The molecule has 1 unspecified atom stereocenters. The lowest BCUT2D eigenvalue weighted by molar-refractivity contribution is -0.138. The first-order valence-corrected chi connectivity index (χ1v) is 6.57. The molecule has 0 spiro atoms. The van der Waals surface area contributed by atoms with Crippen LogP contribution in [-0.4, -0.2) is 18.4 Å². The number of hydrogen-bond acceptors (Lipinski definition) is 2. The summed E-state index contributed by atoms with van der Waals surface area (Å²) in [6.45, 7) is 0.0462. The minimum Gasteiger partial charge on any atom is -0.355 e. The highest BCUT2D eigenvalue weighted by Crippen LogP contribution is 2.31. The molecule has 4 nitrogen and oxygen atoms in total. The van der Waals surface area contributed by atoms with Crippen LogP contribution in [0.25, 0.3) is 0 Å². The molecule has 1 fully saturated rings. The lowest BCUT2D eigenvalue weighted by Crippen LogP contribution is -2.42. The summed E-state index contributed by atoms with van der Waals surface area (Å²) in [5.74, 6) is -0.839. The van der Waals surface area contributed by atoms with Crippen LogP contribution in [0.5, 0.6) is 0 Å². The number of alkyl halides is 3. The van der Waals surface area contributed by atoms with E-state index in [-0.39, 0.29) is 42.8 Å². The van der Waals surface area contributed by atoms with Gasteiger partial charge in [0.15, 0.2) is 0 Å². The summed E-state index contributed by atoms with van der Waals surface area (Å²) in [5.41, 5.74) is -0.722. The maximum absolute atomic E-state index is 12.8. The normalized spacial score (nSPS) is 19.0. The SMILES string of the molecule is O=C1CCC(C(=O)NCc2ccccc2C(F)(F)F)CN1. The number of hydrogen-bond donors (Lipinski definition) is 2. The van der Waals surface area contributed by atoms with Gasteiger partial charge >= 0.3 is 6.18 Å². The van der Waals surface area contributed by atoms with E-state index < -0.39 is 11.7 Å². The third-order valence-electron chi connectivity index (χ3n) is 3.41. The van der Waals surface area contributed by atoms with E-state index >= 15 is 0 Å². The van der Waals surface area contributed by atoms with Gasteiger partial charge in [0.2, 0.25) is 11.8 Å². The zero-order valence-corrected chi connectivity index (χ0v) is 11.2. The number of halogens is 3. The Hall–Kier alpha value is -2.05. The smallest absolute Gasteiger partial charge is 0.355 e. The van der Waals surface area contributed by atoms with Crippen LogP contribution in [-0.2, 0) is 22.3 Å². The van der Waals surface area contributed by atoms with Crippen molar-refractivity contribution in [3.05, 3.63) is 35.4 Å². The Morgan fingerprint density at radius 1 is 1.33 bits per heavy atom. The summed E-state index contributed by atoms with van der Waals surface area (Å²) in [4.78, 5) is 22.9. The molecule has 0 aromatic heterocycles. The van der Waals surface area contributed by atoms with Crippen LogP contribution in [0.1, 0.15) is 24.0 Å². The van der Waals surface area contributed by atoms with Crippen molar-refractivity contribution in [3.8, 4) is 0 Å². The van der Waals surface area contributed by atoms with Crippen LogP contribution < -0.4 is 10.6 Å². The van der Waals surface area contributed by atoms with Crippen molar-refractivity contribution in [2.45, 2.75) is 25.6 Å². The van der Waals surface area contributed by atoms with Gasteiger partial charge in [0.05, 0.1) is 11.5 Å². The van der Waals surface area contributed by atoms with Crippen molar-refractivity contribution in [1.29, 1.82) is 0 Å². The predicted octanol–water partition coefficient (Wildman–Crippen LogP) is 1.85. The molecule has 1 aromatic rings. The number of nitrogens with one attached hydrogen (secondary N) is 2. The molecule has 2 rings (SSSR count). The van der Waals surface area contributed by atoms with Crippen molar-refractivity contribution in [3.63, 3.8) is 0 Å². The van der Waals surface area contributed by atoms with Gasteiger partial charge in [0, 0.05) is 19.5 Å². The van der Waals surface area contributed by atoms with E-state index in [1.807, 2.05) is 0 Å². The summed E-state index contributed by atoms with van der Waals surface area (Å²) >= 11 is 0. The molecule has 21 heavy (non-hydrogen) atoms. The average Bonchev–Trinajstić information content (AvgIpc) is 2.45. The van der Waals surface area contributed by atoms with Crippen LogP contribution in [0.3, 0.4) is 0 Å². The molecule has 0 saturated carbocycles.